The van der Waals surface area contributed by atoms with E-state index >= 15 is 0 Å². The van der Waals surface area contributed by atoms with Crippen LogP contribution in [0.25, 0.3) is 11.5 Å². The number of carbonyl (C=O) groups is 1. The molecule has 2 aromatic heterocycles. The Morgan fingerprint density at radius 1 is 1.15 bits per heavy atom. The molecule has 0 atom stereocenters. The average Bonchev–Trinajstić information content (AvgIpc) is 3.19. The van der Waals surface area contributed by atoms with Gasteiger partial charge in [-0.15, -0.1) is 10.2 Å². The van der Waals surface area contributed by atoms with Crippen LogP contribution in [0.4, 0.5) is 4.79 Å². The lowest BCUT2D eigenvalue weighted by Gasteiger charge is -2.29. The summed E-state index contributed by atoms with van der Waals surface area (Å²) in [7, 11) is 0. The number of aromatic nitrogens is 3. The fourth-order valence-electron chi connectivity index (χ4n) is 3.02. The number of piperidine rings is 1. The summed E-state index contributed by atoms with van der Waals surface area (Å²) < 4.78 is 11.2. The van der Waals surface area contributed by atoms with E-state index in [1.54, 1.807) is 29.3 Å². The van der Waals surface area contributed by atoms with Gasteiger partial charge in [-0.3, -0.25) is 4.98 Å². The summed E-state index contributed by atoms with van der Waals surface area (Å²) in [6.45, 7) is 1.13. The molecule has 1 fully saturated rings. The first-order valence-corrected chi connectivity index (χ1v) is 9.03. The van der Waals surface area contributed by atoms with Crippen molar-refractivity contribution in [2.45, 2.75) is 18.8 Å². The lowest BCUT2D eigenvalue weighted by Crippen LogP contribution is -2.39. The molecule has 138 valence electrons. The van der Waals surface area contributed by atoms with Crippen LogP contribution in [0.3, 0.4) is 0 Å². The lowest BCUT2D eigenvalue weighted by molar-refractivity contribution is 0.136. The van der Waals surface area contributed by atoms with E-state index in [0.29, 0.717) is 35.6 Å². The molecule has 0 spiro atoms. The smallest absolute Gasteiger partial charge is 0.415 e. The number of nitrogens with zero attached hydrogens (tertiary/aromatic N) is 4. The Morgan fingerprint density at radius 3 is 2.70 bits per heavy atom. The van der Waals surface area contributed by atoms with E-state index < -0.39 is 0 Å². The van der Waals surface area contributed by atoms with Gasteiger partial charge in [-0.2, -0.15) is 0 Å². The number of rotatable bonds is 3. The van der Waals surface area contributed by atoms with Gasteiger partial charge in [0.2, 0.25) is 11.8 Å². The van der Waals surface area contributed by atoms with Gasteiger partial charge < -0.3 is 14.1 Å². The van der Waals surface area contributed by atoms with Crippen molar-refractivity contribution in [3.05, 3.63) is 59.7 Å². The molecule has 8 heteroatoms. The number of carbonyl (C=O) groups excluding carboxylic acids is 1. The van der Waals surface area contributed by atoms with Crippen LogP contribution >= 0.6 is 11.6 Å². The number of hydrogen-bond donors (Lipinski definition) is 0. The van der Waals surface area contributed by atoms with Crippen molar-refractivity contribution < 1.29 is 13.9 Å². The van der Waals surface area contributed by atoms with E-state index in [-0.39, 0.29) is 12.0 Å². The Labute approximate surface area is 160 Å². The Hall–Kier alpha value is -2.93. The van der Waals surface area contributed by atoms with Crippen molar-refractivity contribution in [2.24, 2.45) is 0 Å². The number of ether oxygens (including phenoxy) is 1. The zero-order chi connectivity index (χ0) is 18.6. The molecule has 7 nitrogen and oxygen atoms in total. The zero-order valence-electron chi connectivity index (χ0n) is 14.4. The van der Waals surface area contributed by atoms with Crippen molar-refractivity contribution >= 4 is 17.7 Å². The highest BCUT2D eigenvalue weighted by molar-refractivity contribution is 6.33. The molecule has 0 N–H and O–H groups in total. The molecule has 0 unspecified atom stereocenters. The number of likely N-dealkylation sites (tertiary alicyclic amines) is 1. The van der Waals surface area contributed by atoms with Crippen LogP contribution in [0, 0.1) is 0 Å². The molecule has 1 saturated heterocycles. The van der Waals surface area contributed by atoms with E-state index in [0.717, 1.165) is 18.4 Å². The number of amides is 1. The molecule has 3 heterocycles. The Bertz CT molecular complexity index is 923. The Morgan fingerprint density at radius 2 is 1.96 bits per heavy atom. The van der Waals surface area contributed by atoms with E-state index in [2.05, 4.69) is 15.2 Å². The summed E-state index contributed by atoms with van der Waals surface area (Å²) in [5.74, 6) is 1.53. The van der Waals surface area contributed by atoms with Crippen LogP contribution < -0.4 is 4.74 Å². The molecule has 0 saturated carbocycles. The minimum absolute atomic E-state index is 0.108. The predicted molar refractivity (Wildman–Crippen MR) is 98.6 cm³/mol. The predicted octanol–water partition coefficient (Wildman–Crippen LogP) is 4.16. The highest BCUT2D eigenvalue weighted by atomic mass is 35.5. The molecular weight excluding hydrogens is 368 g/mol. The summed E-state index contributed by atoms with van der Waals surface area (Å²) in [6, 6.07) is 10.8. The fraction of sp³-hybridized carbons (Fsp3) is 0.263. The second kappa shape index (κ2) is 7.75. The molecular formula is C19H17ClN4O3. The Kier molecular flexibility index (Phi) is 5.02. The van der Waals surface area contributed by atoms with Crippen molar-refractivity contribution in [3.63, 3.8) is 0 Å². The minimum atomic E-state index is -0.372. The maximum atomic E-state index is 12.2. The molecule has 3 aromatic rings. The van der Waals surface area contributed by atoms with Crippen LogP contribution in [-0.4, -0.2) is 39.3 Å². The number of benzene rings is 1. The number of pyridine rings is 1. The normalized spacial score (nSPS) is 14.9. The fourth-order valence-corrected chi connectivity index (χ4v) is 3.24. The first-order valence-electron chi connectivity index (χ1n) is 8.66. The van der Waals surface area contributed by atoms with Crippen LogP contribution in [0.5, 0.6) is 5.75 Å². The molecule has 1 aromatic carbocycles. The van der Waals surface area contributed by atoms with Gasteiger partial charge in [0.05, 0.1) is 16.8 Å². The lowest BCUT2D eigenvalue weighted by atomic mass is 9.97. The second-order valence-corrected chi connectivity index (χ2v) is 6.65. The molecule has 0 radical (unpaired) electrons. The van der Waals surface area contributed by atoms with Crippen molar-refractivity contribution in [2.75, 3.05) is 13.1 Å². The third-order valence-corrected chi connectivity index (χ3v) is 4.82. The third kappa shape index (κ3) is 3.93. The van der Waals surface area contributed by atoms with Gasteiger partial charge in [0.25, 0.3) is 0 Å². The number of halogens is 1. The van der Waals surface area contributed by atoms with Crippen molar-refractivity contribution in [1.29, 1.82) is 0 Å². The van der Waals surface area contributed by atoms with Gasteiger partial charge >= 0.3 is 6.09 Å². The van der Waals surface area contributed by atoms with Crippen LogP contribution in [0.2, 0.25) is 5.02 Å². The molecule has 4 rings (SSSR count). The maximum Gasteiger partial charge on any atom is 0.415 e. The molecule has 0 aliphatic carbocycles. The molecule has 1 aliphatic heterocycles. The van der Waals surface area contributed by atoms with Crippen molar-refractivity contribution in [3.8, 4) is 17.2 Å². The molecule has 1 amide bonds. The summed E-state index contributed by atoms with van der Waals surface area (Å²) in [4.78, 5) is 17.9. The van der Waals surface area contributed by atoms with Gasteiger partial charge in [-0.05, 0) is 37.1 Å². The average molecular weight is 385 g/mol. The summed E-state index contributed by atoms with van der Waals surface area (Å²) in [5.41, 5.74) is 0.718. The van der Waals surface area contributed by atoms with Gasteiger partial charge in [0.1, 0.15) is 0 Å². The van der Waals surface area contributed by atoms with E-state index in [4.69, 9.17) is 20.8 Å². The van der Waals surface area contributed by atoms with Crippen LogP contribution in [0.15, 0.2) is 53.2 Å². The van der Waals surface area contributed by atoms with Crippen LogP contribution in [-0.2, 0) is 0 Å². The SMILES string of the molecule is O=C(Oc1cccnc1)N1CCC(c2nnc(-c3ccccc3Cl)o2)CC1. The van der Waals surface area contributed by atoms with Gasteiger partial charge in [0.15, 0.2) is 5.75 Å². The molecule has 27 heavy (non-hydrogen) atoms. The highest BCUT2D eigenvalue weighted by Gasteiger charge is 2.28. The van der Waals surface area contributed by atoms with Gasteiger partial charge in [-0.25, -0.2) is 4.79 Å². The van der Waals surface area contributed by atoms with Crippen molar-refractivity contribution in [1.82, 2.24) is 20.1 Å². The third-order valence-electron chi connectivity index (χ3n) is 4.49. The molecule has 1 aliphatic rings. The highest BCUT2D eigenvalue weighted by Crippen LogP contribution is 2.31. The topological polar surface area (TPSA) is 81.4 Å². The van der Waals surface area contributed by atoms with E-state index in [1.165, 1.54) is 6.20 Å². The van der Waals surface area contributed by atoms with E-state index in [1.807, 2.05) is 18.2 Å². The van der Waals surface area contributed by atoms with Gasteiger partial charge in [-0.1, -0.05) is 23.7 Å². The quantitative estimate of drug-likeness (QED) is 0.674. The Balaban J connectivity index is 1.37. The monoisotopic (exact) mass is 384 g/mol. The standard InChI is InChI=1S/C19H17ClN4O3/c20-16-6-2-1-5-15(16)18-23-22-17(27-18)13-7-10-24(11-8-13)19(25)26-14-4-3-9-21-12-14/h1-6,9,12-13H,7-8,10-11H2. The summed E-state index contributed by atoms with van der Waals surface area (Å²) in [6.07, 6.45) is 4.23. The second-order valence-electron chi connectivity index (χ2n) is 6.24. The summed E-state index contributed by atoms with van der Waals surface area (Å²) in [5, 5.41) is 8.87. The molecule has 0 bridgehead atoms. The van der Waals surface area contributed by atoms with Gasteiger partial charge in [0, 0.05) is 25.2 Å². The van der Waals surface area contributed by atoms with E-state index in [9.17, 15) is 4.79 Å². The summed E-state index contributed by atoms with van der Waals surface area (Å²) >= 11 is 6.18. The first-order chi connectivity index (χ1) is 13.2. The minimum Gasteiger partial charge on any atom is -0.420 e. The van der Waals surface area contributed by atoms with Crippen LogP contribution in [0.1, 0.15) is 24.7 Å². The number of hydrogen-bond acceptors (Lipinski definition) is 6. The largest absolute Gasteiger partial charge is 0.420 e. The maximum absolute atomic E-state index is 12.2. The zero-order valence-corrected chi connectivity index (χ0v) is 15.2. The first kappa shape index (κ1) is 17.5.